The van der Waals surface area contributed by atoms with Crippen molar-refractivity contribution in [3.8, 4) is 11.6 Å². The van der Waals surface area contributed by atoms with Crippen LogP contribution in [0.15, 0.2) is 47.1 Å². The summed E-state index contributed by atoms with van der Waals surface area (Å²) in [6.45, 7) is 13.8. The van der Waals surface area contributed by atoms with E-state index in [2.05, 4.69) is 59.9 Å². The number of furan rings is 1. The molecule has 4 aromatic rings. The topological polar surface area (TPSA) is 103 Å². The number of hydrogen-bond acceptors (Lipinski definition) is 7. The van der Waals surface area contributed by atoms with Crippen LogP contribution >= 0.6 is 24.8 Å². The second kappa shape index (κ2) is 15.1. The number of aryl methyl sites for hydroxylation is 2. The zero-order chi connectivity index (χ0) is 30.1. The first-order valence-electron chi connectivity index (χ1n) is 15.6. The number of aliphatic hydroxyl groups is 1. The second-order valence-corrected chi connectivity index (χ2v) is 12.6. The van der Waals surface area contributed by atoms with Crippen LogP contribution in [0.1, 0.15) is 49.8 Å². The van der Waals surface area contributed by atoms with Gasteiger partial charge in [0.2, 0.25) is 5.88 Å². The quantitative estimate of drug-likeness (QED) is 0.196. The molecule has 0 bridgehead atoms. The third-order valence-corrected chi connectivity index (χ3v) is 9.40. The molecule has 0 radical (unpaired) electrons. The van der Waals surface area contributed by atoms with E-state index < -0.39 is 6.09 Å². The minimum absolute atomic E-state index is 0. The summed E-state index contributed by atoms with van der Waals surface area (Å²) in [6.07, 6.45) is 3.77. The molecule has 2 saturated heterocycles. The molecule has 45 heavy (non-hydrogen) atoms. The molecule has 2 aliphatic rings. The van der Waals surface area contributed by atoms with Crippen LogP contribution in [-0.2, 0) is 6.61 Å². The summed E-state index contributed by atoms with van der Waals surface area (Å²) in [5.74, 6) is 1.42. The summed E-state index contributed by atoms with van der Waals surface area (Å²) in [4.78, 5) is 21.0. The summed E-state index contributed by atoms with van der Waals surface area (Å²) in [5.41, 5.74) is 5.10. The van der Waals surface area contributed by atoms with E-state index in [-0.39, 0.29) is 37.0 Å². The van der Waals surface area contributed by atoms with Gasteiger partial charge in [-0.25, -0.2) is 4.79 Å². The Labute approximate surface area is 277 Å². The highest BCUT2D eigenvalue weighted by Gasteiger charge is 2.29. The van der Waals surface area contributed by atoms with Gasteiger partial charge in [-0.1, -0.05) is 13.0 Å². The van der Waals surface area contributed by atoms with Gasteiger partial charge >= 0.3 is 6.09 Å². The average Bonchev–Trinajstić information content (AvgIpc) is 3.57. The molecule has 2 aromatic heterocycles. The van der Waals surface area contributed by atoms with E-state index >= 15 is 0 Å². The van der Waals surface area contributed by atoms with Gasteiger partial charge in [-0.15, -0.1) is 24.8 Å². The summed E-state index contributed by atoms with van der Waals surface area (Å²) in [6, 6.07) is 12.3. The molecule has 0 spiro atoms. The predicted octanol–water partition coefficient (Wildman–Crippen LogP) is 6.60. The fraction of sp³-hybridized carbons (Fsp3) is 0.500. The number of amides is 1. The van der Waals surface area contributed by atoms with E-state index in [0.29, 0.717) is 30.2 Å². The van der Waals surface area contributed by atoms with Crippen molar-refractivity contribution in [3.05, 3.63) is 59.4 Å². The van der Waals surface area contributed by atoms with Gasteiger partial charge in [-0.05, 0) is 81.3 Å². The van der Waals surface area contributed by atoms with Crippen LogP contribution < -0.4 is 14.8 Å². The molecular weight excluding hydrogens is 615 g/mol. The first kappa shape index (κ1) is 34.9. The molecule has 2 aromatic carbocycles. The number of halogens is 2. The number of fused-ring (bicyclic) bond motifs is 2. The fourth-order valence-electron chi connectivity index (χ4n) is 6.50. The lowest BCUT2D eigenvalue weighted by molar-refractivity contribution is 0.0116. The molecule has 3 atom stereocenters. The van der Waals surface area contributed by atoms with Crippen molar-refractivity contribution < 1.29 is 23.8 Å². The largest absolute Gasteiger partial charge is 0.488 e. The number of ether oxygens (including phenoxy) is 2. The zero-order valence-electron chi connectivity index (χ0n) is 26.5. The van der Waals surface area contributed by atoms with Gasteiger partial charge in [0.05, 0.1) is 17.9 Å². The lowest BCUT2D eigenvalue weighted by Gasteiger charge is -2.41. The van der Waals surface area contributed by atoms with Gasteiger partial charge < -0.3 is 34.2 Å². The van der Waals surface area contributed by atoms with Crippen molar-refractivity contribution in [2.75, 3.05) is 32.7 Å². The lowest BCUT2D eigenvalue weighted by Crippen LogP contribution is -2.52. The Kier molecular flexibility index (Phi) is 11.7. The van der Waals surface area contributed by atoms with E-state index in [0.717, 1.165) is 79.4 Å². The maximum Gasteiger partial charge on any atom is 0.414 e. The number of likely N-dealkylation sites (tertiary alicyclic amines) is 2. The van der Waals surface area contributed by atoms with Crippen LogP contribution in [0.2, 0.25) is 0 Å². The molecule has 0 unspecified atom stereocenters. The van der Waals surface area contributed by atoms with E-state index in [1.54, 1.807) is 6.26 Å². The first-order valence-corrected chi connectivity index (χ1v) is 15.6. The van der Waals surface area contributed by atoms with Crippen molar-refractivity contribution >= 4 is 52.8 Å². The van der Waals surface area contributed by atoms with Gasteiger partial charge in [0.15, 0.2) is 0 Å². The van der Waals surface area contributed by atoms with Crippen molar-refractivity contribution in [3.63, 3.8) is 0 Å². The number of carbonyl (C=O) groups excluding carboxylic acids is 1. The number of nitrogens with zero attached hydrogens (tertiary/aromatic N) is 2. The van der Waals surface area contributed by atoms with Gasteiger partial charge in [0.25, 0.3) is 0 Å². The van der Waals surface area contributed by atoms with E-state index in [1.165, 1.54) is 11.1 Å². The van der Waals surface area contributed by atoms with Crippen molar-refractivity contribution in [1.29, 1.82) is 0 Å². The summed E-state index contributed by atoms with van der Waals surface area (Å²) in [7, 11) is 0. The van der Waals surface area contributed by atoms with Crippen LogP contribution in [0.3, 0.4) is 0 Å². The minimum Gasteiger partial charge on any atom is -0.488 e. The highest BCUT2D eigenvalue weighted by molar-refractivity contribution is 5.88. The van der Waals surface area contributed by atoms with Crippen LogP contribution in [0.5, 0.6) is 11.6 Å². The third kappa shape index (κ3) is 8.07. The monoisotopic (exact) mass is 660 g/mol. The summed E-state index contributed by atoms with van der Waals surface area (Å²) >= 11 is 0. The van der Waals surface area contributed by atoms with Crippen LogP contribution in [-0.4, -0.2) is 76.9 Å². The van der Waals surface area contributed by atoms with Gasteiger partial charge in [-0.3, -0.25) is 4.90 Å². The SMILES string of the molecule is Cc1cc2occ(COc3cccc4[nH]c(OC(=O)NC5CCN(C[C@H](C)N6CC[C@H](O)[C@@H](C)C6)CC5)cc34)c2cc1C.Cl.Cl. The number of nitrogens with one attached hydrogen (secondary N) is 2. The van der Waals surface area contributed by atoms with Crippen LogP contribution in [0.25, 0.3) is 21.9 Å². The Bertz CT molecular complexity index is 1580. The maximum absolute atomic E-state index is 12.8. The Hall–Kier alpha value is -2.95. The molecule has 1 amide bonds. The minimum atomic E-state index is -0.447. The Morgan fingerprint density at radius 3 is 2.60 bits per heavy atom. The number of piperidine rings is 2. The highest BCUT2D eigenvalue weighted by Crippen LogP contribution is 2.31. The second-order valence-electron chi connectivity index (χ2n) is 12.6. The maximum atomic E-state index is 12.8. The summed E-state index contributed by atoms with van der Waals surface area (Å²) < 4.78 is 17.6. The number of H-pyrrole nitrogens is 1. The molecular formula is C34H46Cl2N4O5. The molecule has 0 saturated carbocycles. The number of aliphatic hydroxyl groups excluding tert-OH is 1. The van der Waals surface area contributed by atoms with E-state index in [9.17, 15) is 9.90 Å². The van der Waals surface area contributed by atoms with Crippen LogP contribution in [0, 0.1) is 19.8 Å². The predicted molar refractivity (Wildman–Crippen MR) is 182 cm³/mol. The molecule has 9 nitrogen and oxygen atoms in total. The number of aromatic nitrogens is 1. The number of rotatable bonds is 8. The number of hydrogen-bond donors (Lipinski definition) is 3. The molecule has 4 heterocycles. The Morgan fingerprint density at radius 2 is 1.84 bits per heavy atom. The zero-order valence-corrected chi connectivity index (χ0v) is 28.1. The number of carbonyl (C=O) groups is 1. The van der Waals surface area contributed by atoms with E-state index in [1.807, 2.05) is 24.3 Å². The molecule has 2 aliphatic heterocycles. The smallest absolute Gasteiger partial charge is 0.414 e. The molecule has 3 N–H and O–H groups in total. The van der Waals surface area contributed by atoms with Gasteiger partial charge in [-0.2, -0.15) is 0 Å². The number of aromatic amines is 1. The molecule has 246 valence electrons. The lowest BCUT2D eigenvalue weighted by atomic mass is 9.95. The highest BCUT2D eigenvalue weighted by atomic mass is 35.5. The molecule has 0 aliphatic carbocycles. The molecule has 11 heteroatoms. The standard InChI is InChI=1S/C34H44N4O5.2ClH/c1-21-14-27-25(20-42-32(27)15-22(21)2)19-41-31-7-5-6-29-28(31)16-33(36-29)43-34(40)35-26-8-11-37(12-9-26)18-24(4)38-13-10-30(39)23(3)17-38;;/h5-7,14-16,20,23-24,26,30,36,39H,8-13,17-19H2,1-4H3,(H,35,40);2*1H/t23-,24-,30-;;/m0../s1. The van der Waals surface area contributed by atoms with Gasteiger partial charge in [0, 0.05) is 67.2 Å². The van der Waals surface area contributed by atoms with Crippen molar-refractivity contribution in [1.82, 2.24) is 20.1 Å². The summed E-state index contributed by atoms with van der Waals surface area (Å²) in [5, 5.41) is 15.0. The van der Waals surface area contributed by atoms with Crippen LogP contribution in [0.4, 0.5) is 4.79 Å². The van der Waals surface area contributed by atoms with Crippen molar-refractivity contribution in [2.45, 2.75) is 71.8 Å². The molecule has 2 fully saturated rings. The average molecular weight is 662 g/mol. The Morgan fingerprint density at radius 1 is 1.09 bits per heavy atom. The third-order valence-electron chi connectivity index (χ3n) is 9.40. The first-order chi connectivity index (χ1) is 20.7. The fourth-order valence-corrected chi connectivity index (χ4v) is 6.50. The van der Waals surface area contributed by atoms with Crippen molar-refractivity contribution in [2.24, 2.45) is 5.92 Å². The number of benzene rings is 2. The normalized spacial score (nSPS) is 20.4. The Balaban J connectivity index is 0.00000230. The molecule has 6 rings (SSSR count). The van der Waals surface area contributed by atoms with E-state index in [4.69, 9.17) is 13.9 Å². The van der Waals surface area contributed by atoms with Gasteiger partial charge in [0.1, 0.15) is 17.9 Å².